The molecular formula is C28H37FN6O14. The molecule has 4 unspecified atom stereocenters. The lowest BCUT2D eigenvalue weighted by atomic mass is 10.1. The number of unbranched alkanes of at least 4 members (excludes halogenated alkanes) is 1. The highest BCUT2D eigenvalue weighted by Crippen LogP contribution is 2.06. The number of amides is 5. The van der Waals surface area contributed by atoms with Crippen molar-refractivity contribution in [2.75, 3.05) is 6.54 Å². The smallest absolute Gasteiger partial charge is 0.326 e. The lowest BCUT2D eigenvalue weighted by Crippen LogP contribution is -2.51. The number of hydrogen-bond acceptors (Lipinski definition) is 10. The van der Waals surface area contributed by atoms with E-state index in [0.717, 1.165) is 18.3 Å². The van der Waals surface area contributed by atoms with Crippen molar-refractivity contribution in [3.05, 3.63) is 29.8 Å². The SMILES string of the molecule is O=C(O)CCC(NC(=O)NC(CCCCNC(=O)CCC(NC(=O)CCC(NC(=O)c1ccc(F)nc1)C(=O)O)C(=O)O)C(=O)O)C(=O)O. The van der Waals surface area contributed by atoms with Gasteiger partial charge in [-0.2, -0.15) is 4.39 Å². The number of nitrogens with one attached hydrogen (secondary N) is 5. The average molecular weight is 701 g/mol. The van der Waals surface area contributed by atoms with Crippen molar-refractivity contribution in [1.82, 2.24) is 31.6 Å². The van der Waals surface area contributed by atoms with Crippen molar-refractivity contribution in [1.29, 1.82) is 0 Å². The summed E-state index contributed by atoms with van der Waals surface area (Å²) in [5, 5.41) is 56.8. The standard InChI is InChI=1S/C28H37FN6O14/c29-19-8-4-14(13-31-19)23(40)33-17(26(45)46)6-10-21(37)32-16(25(43)44)5-9-20(36)30-12-2-1-3-15(24(41)42)34-28(49)35-18(27(47)48)7-11-22(38)39/h4,8,13,15-18H,1-3,5-7,9-12H2,(H,30,36)(H,32,37)(H,33,40)(H,38,39)(H,41,42)(H,43,44)(H,45,46)(H,47,48)(H2,34,35,49). The van der Waals surface area contributed by atoms with Crippen LogP contribution in [-0.4, -0.2) is 115 Å². The number of halogens is 1. The van der Waals surface area contributed by atoms with E-state index in [-0.39, 0.29) is 44.2 Å². The molecular weight excluding hydrogens is 663 g/mol. The van der Waals surface area contributed by atoms with Crippen molar-refractivity contribution < 1.29 is 73.1 Å². The van der Waals surface area contributed by atoms with Crippen LogP contribution in [0.4, 0.5) is 9.18 Å². The summed E-state index contributed by atoms with van der Waals surface area (Å²) in [6.45, 7) is 0.0357. The maximum Gasteiger partial charge on any atom is 0.326 e. The van der Waals surface area contributed by atoms with Gasteiger partial charge in [0.05, 0.1) is 5.56 Å². The Morgan fingerprint density at radius 3 is 1.61 bits per heavy atom. The molecule has 0 fully saturated rings. The lowest BCUT2D eigenvalue weighted by Gasteiger charge is -2.18. The fourth-order valence-electron chi connectivity index (χ4n) is 4.01. The Kier molecular flexibility index (Phi) is 17.7. The zero-order valence-corrected chi connectivity index (χ0v) is 25.8. The van der Waals surface area contributed by atoms with Crippen LogP contribution in [0.5, 0.6) is 0 Å². The number of rotatable bonds is 23. The minimum Gasteiger partial charge on any atom is -0.481 e. The van der Waals surface area contributed by atoms with Crippen LogP contribution >= 0.6 is 0 Å². The highest BCUT2D eigenvalue weighted by atomic mass is 19.1. The minimum absolute atomic E-state index is 0.0357. The monoisotopic (exact) mass is 700 g/mol. The first kappa shape index (κ1) is 41.1. The third kappa shape index (κ3) is 17.0. The predicted octanol–water partition coefficient (Wildman–Crippen LogP) is -1.11. The first-order chi connectivity index (χ1) is 23.0. The van der Waals surface area contributed by atoms with Crippen LogP contribution in [0, 0.1) is 5.95 Å². The van der Waals surface area contributed by atoms with Crippen LogP contribution in [0.15, 0.2) is 18.3 Å². The second-order valence-electron chi connectivity index (χ2n) is 10.4. The van der Waals surface area contributed by atoms with Crippen molar-refractivity contribution in [2.45, 2.75) is 82.0 Å². The molecule has 0 aliphatic heterocycles. The van der Waals surface area contributed by atoms with Crippen molar-refractivity contribution in [3.8, 4) is 0 Å². The Balaban J connectivity index is 2.46. The number of carbonyl (C=O) groups is 9. The molecule has 0 radical (unpaired) electrons. The van der Waals surface area contributed by atoms with Gasteiger partial charge in [0.25, 0.3) is 5.91 Å². The number of carboxylic acids is 5. The number of aliphatic carboxylic acids is 5. The second kappa shape index (κ2) is 21.1. The number of carboxylic acid groups (broad SMARTS) is 5. The van der Waals surface area contributed by atoms with Crippen LogP contribution in [0.1, 0.15) is 68.1 Å². The summed E-state index contributed by atoms with van der Waals surface area (Å²) in [5.74, 6) is -10.4. The summed E-state index contributed by atoms with van der Waals surface area (Å²) in [7, 11) is 0. The quantitative estimate of drug-likeness (QED) is 0.0478. The van der Waals surface area contributed by atoms with Crippen LogP contribution in [0.2, 0.25) is 0 Å². The van der Waals surface area contributed by atoms with E-state index in [1.807, 2.05) is 5.32 Å². The third-order valence-corrected chi connectivity index (χ3v) is 6.64. The molecule has 1 heterocycles. The van der Waals surface area contributed by atoms with Gasteiger partial charge in [0, 0.05) is 32.0 Å². The maximum absolute atomic E-state index is 12.9. The van der Waals surface area contributed by atoms with E-state index in [2.05, 4.69) is 26.3 Å². The molecule has 0 saturated carbocycles. The molecule has 0 aliphatic carbocycles. The Morgan fingerprint density at radius 1 is 0.612 bits per heavy atom. The maximum atomic E-state index is 12.9. The Labute approximate surface area is 276 Å². The summed E-state index contributed by atoms with van der Waals surface area (Å²) in [5.41, 5.74) is -0.132. The molecule has 5 amide bonds. The molecule has 270 valence electrons. The Bertz CT molecular complexity index is 1380. The number of aromatic nitrogens is 1. The van der Waals surface area contributed by atoms with E-state index in [1.54, 1.807) is 0 Å². The zero-order chi connectivity index (χ0) is 37.1. The van der Waals surface area contributed by atoms with E-state index in [9.17, 15) is 62.9 Å². The van der Waals surface area contributed by atoms with Crippen LogP contribution in [0.3, 0.4) is 0 Å². The van der Waals surface area contributed by atoms with Gasteiger partial charge in [-0.1, -0.05) is 0 Å². The van der Waals surface area contributed by atoms with Gasteiger partial charge in [-0.05, 0) is 50.7 Å². The van der Waals surface area contributed by atoms with Gasteiger partial charge < -0.3 is 52.1 Å². The Hall–Kier alpha value is -5.89. The predicted molar refractivity (Wildman–Crippen MR) is 159 cm³/mol. The highest BCUT2D eigenvalue weighted by Gasteiger charge is 2.26. The Morgan fingerprint density at radius 2 is 1.10 bits per heavy atom. The van der Waals surface area contributed by atoms with Crippen LogP contribution < -0.4 is 26.6 Å². The molecule has 0 saturated heterocycles. The van der Waals surface area contributed by atoms with Crippen molar-refractivity contribution in [3.63, 3.8) is 0 Å². The number of carbonyl (C=O) groups excluding carboxylic acids is 4. The zero-order valence-electron chi connectivity index (χ0n) is 25.8. The fourth-order valence-corrected chi connectivity index (χ4v) is 4.01. The molecule has 0 spiro atoms. The summed E-state index contributed by atoms with van der Waals surface area (Å²) in [4.78, 5) is 109. The first-order valence-electron chi connectivity index (χ1n) is 14.7. The second-order valence-corrected chi connectivity index (χ2v) is 10.4. The van der Waals surface area contributed by atoms with Gasteiger partial charge in [0.1, 0.15) is 24.2 Å². The van der Waals surface area contributed by atoms with Gasteiger partial charge in [0.15, 0.2) is 0 Å². The molecule has 21 heteroatoms. The van der Waals surface area contributed by atoms with Gasteiger partial charge in [-0.15, -0.1) is 0 Å². The largest absolute Gasteiger partial charge is 0.481 e. The minimum atomic E-state index is -1.56. The summed E-state index contributed by atoms with van der Waals surface area (Å²) in [6.07, 6.45) is -1.42. The molecule has 0 aromatic carbocycles. The third-order valence-electron chi connectivity index (χ3n) is 6.64. The van der Waals surface area contributed by atoms with Crippen molar-refractivity contribution >= 4 is 53.6 Å². The summed E-state index contributed by atoms with van der Waals surface area (Å²) >= 11 is 0. The molecule has 1 aromatic heterocycles. The molecule has 49 heavy (non-hydrogen) atoms. The normalized spacial score (nSPS) is 13.0. The lowest BCUT2D eigenvalue weighted by molar-refractivity contribution is -0.143. The van der Waals surface area contributed by atoms with Gasteiger partial charge in [-0.3, -0.25) is 19.2 Å². The van der Waals surface area contributed by atoms with Gasteiger partial charge >= 0.3 is 35.9 Å². The molecule has 0 bridgehead atoms. The van der Waals surface area contributed by atoms with Gasteiger partial charge in [0.2, 0.25) is 17.8 Å². The highest BCUT2D eigenvalue weighted by molar-refractivity contribution is 5.96. The molecule has 1 rings (SSSR count). The molecule has 0 aliphatic rings. The summed E-state index contributed by atoms with van der Waals surface area (Å²) < 4.78 is 12.9. The van der Waals surface area contributed by atoms with E-state index in [0.29, 0.717) is 0 Å². The number of nitrogens with zero attached hydrogens (tertiary/aromatic N) is 1. The topological polar surface area (TPSA) is 328 Å². The molecule has 10 N–H and O–H groups in total. The van der Waals surface area contributed by atoms with Gasteiger partial charge in [-0.25, -0.2) is 29.0 Å². The number of hydrogen-bond donors (Lipinski definition) is 10. The molecule has 20 nitrogen and oxygen atoms in total. The molecule has 4 atom stereocenters. The fraction of sp³-hybridized carbons (Fsp3) is 0.500. The van der Waals surface area contributed by atoms with Crippen LogP contribution in [-0.2, 0) is 33.6 Å². The number of pyridine rings is 1. The van der Waals surface area contributed by atoms with E-state index >= 15 is 0 Å². The molecule has 1 aromatic rings. The van der Waals surface area contributed by atoms with E-state index in [4.69, 9.17) is 10.2 Å². The number of urea groups is 1. The average Bonchev–Trinajstić information content (AvgIpc) is 3.01. The van der Waals surface area contributed by atoms with E-state index < -0.39 is 109 Å². The summed E-state index contributed by atoms with van der Waals surface area (Å²) in [6, 6.07) is -5.22. The van der Waals surface area contributed by atoms with E-state index in [1.165, 1.54) is 0 Å². The van der Waals surface area contributed by atoms with Crippen molar-refractivity contribution in [2.24, 2.45) is 0 Å². The first-order valence-corrected chi connectivity index (χ1v) is 14.7. The van der Waals surface area contributed by atoms with Crippen LogP contribution in [0.25, 0.3) is 0 Å².